The van der Waals surface area contributed by atoms with Gasteiger partial charge >= 0.3 is 0 Å². The van der Waals surface area contributed by atoms with Crippen LogP contribution in [0.5, 0.6) is 0 Å². The molecule has 2 aromatic heterocycles. The molecule has 0 aliphatic rings. The van der Waals surface area contributed by atoms with Gasteiger partial charge in [0.1, 0.15) is 0 Å². The molecule has 26 rings (SSSR count). The van der Waals surface area contributed by atoms with Gasteiger partial charge in [-0.2, -0.15) is 0 Å². The van der Waals surface area contributed by atoms with Crippen molar-refractivity contribution in [2.45, 2.75) is 0 Å². The maximum atomic E-state index is 2.57. The molecule has 0 fully saturated rings. The minimum Gasteiger partial charge on any atom is -0.309 e. The lowest BCUT2D eigenvalue weighted by atomic mass is 9.83. The quantitative estimate of drug-likeness (QED) is 0.141. The molecule has 2 nitrogen and oxygen atoms in total. The zero-order chi connectivity index (χ0) is 71.3. The summed E-state index contributed by atoms with van der Waals surface area (Å²) < 4.78 is 5.01. The van der Waals surface area contributed by atoms with E-state index in [1.54, 1.807) is 0 Å². The van der Waals surface area contributed by atoms with Crippen LogP contribution >= 0.6 is 0 Å². The van der Waals surface area contributed by atoms with E-state index in [1.165, 1.54) is 250 Å². The fourth-order valence-electron chi connectivity index (χ4n) is 21.2. The minimum absolute atomic E-state index is 1.15. The molecular weight excluding hydrogens is 1330 g/mol. The normalized spacial score (nSPS) is 12.5. The molecule has 24 aromatic carbocycles. The van der Waals surface area contributed by atoms with Crippen molar-refractivity contribution in [2.75, 3.05) is 0 Å². The van der Waals surface area contributed by atoms with Crippen LogP contribution in [0, 0.1) is 0 Å². The second kappa shape index (κ2) is 21.6. The van der Waals surface area contributed by atoms with Gasteiger partial charge in [0.25, 0.3) is 0 Å². The van der Waals surface area contributed by atoms with Crippen LogP contribution in [-0.2, 0) is 0 Å². The average molecular weight is 1390 g/mol. The molecular formula is C108H60N2. The van der Waals surface area contributed by atoms with Crippen molar-refractivity contribution in [1.29, 1.82) is 0 Å². The molecule has 2 heteroatoms. The highest BCUT2D eigenvalue weighted by Crippen LogP contribution is 2.59. The topological polar surface area (TPSA) is 9.86 Å². The Hall–Kier alpha value is -14.4. The first kappa shape index (κ1) is 58.8. The lowest BCUT2D eigenvalue weighted by Crippen LogP contribution is -1.93. The van der Waals surface area contributed by atoms with Crippen molar-refractivity contribution >= 4 is 194 Å². The maximum Gasteiger partial charge on any atom is 0.0620 e. The van der Waals surface area contributed by atoms with Crippen LogP contribution in [0.4, 0.5) is 0 Å². The fraction of sp³-hybridized carbons (Fsp3) is 0. The standard InChI is InChI=1S/C108H60N2/c1-5-25-63(26-6-1)93-87-57-83-71-35-15-13-33-69(71)76-40-22-42-78(98(76)83)102(87)96(104-80-44-24-46-82-100(80)89(105(93)104)59-85-73-37-17-19-47-91(73)110(108(82)85)68-31-11-4-12-32-68)66-55-51-62(52-56-66)61-49-53-65(54-50-61)94-88-58-84-72-36-16-14-34-70(72)75-39-21-41-77(97(75)84)101(88)95(64-27-7-2-8-28-64)106-90-60-86-74-38-18-20-48-92(74)109(67-29-9-3-10-30-67)107(86)81-45-23-43-79(99(81)90)103(94)106/h1-60H. The molecule has 0 N–H and O–H groups in total. The van der Waals surface area contributed by atoms with E-state index in [0.29, 0.717) is 0 Å². The summed E-state index contributed by atoms with van der Waals surface area (Å²) in [6.07, 6.45) is 0. The van der Waals surface area contributed by atoms with E-state index in [9.17, 15) is 0 Å². The zero-order valence-electron chi connectivity index (χ0n) is 59.5. The van der Waals surface area contributed by atoms with Gasteiger partial charge in [-0.15, -0.1) is 0 Å². The third-order valence-electron chi connectivity index (χ3n) is 25.4. The lowest BCUT2D eigenvalue weighted by molar-refractivity contribution is 1.19. The SMILES string of the molecule is c1ccc(-c2c3cc4c5ccccc5c5cccc(c3c(-c3ccc(-c6ccc(-c7c8cc9c%10ccccc%10c%10cccc(c8c(-c8ccccc8)c8c%11cc%12c%13ccccc%13n(-c%13ccccc%13)c%12c%12cccc(c78)c%11%12)c%109)cc6)cc3)c3c6cccc7c6c(cc6c8ccccc8n(-c8ccccc8)c67)c23)c54)cc1. The van der Waals surface area contributed by atoms with Gasteiger partial charge in [0.2, 0.25) is 0 Å². The van der Waals surface area contributed by atoms with Crippen molar-refractivity contribution in [1.82, 2.24) is 9.13 Å². The number of rotatable bonds is 7. The molecule has 0 unspecified atom stereocenters. The van der Waals surface area contributed by atoms with Crippen molar-refractivity contribution < 1.29 is 0 Å². The Bertz CT molecular complexity index is 8440. The Labute approximate surface area is 630 Å². The Morgan fingerprint density at radius 3 is 0.818 bits per heavy atom. The summed E-state index contributed by atoms with van der Waals surface area (Å²) in [6.45, 7) is 0. The molecule has 0 aliphatic heterocycles. The summed E-state index contributed by atoms with van der Waals surface area (Å²) in [4.78, 5) is 0. The molecule has 26 aromatic rings. The van der Waals surface area contributed by atoms with E-state index in [2.05, 4.69) is 373 Å². The molecule has 0 radical (unpaired) electrons. The number of para-hydroxylation sites is 4. The number of benzene rings is 20. The Morgan fingerprint density at radius 1 is 0.127 bits per heavy atom. The third kappa shape index (κ3) is 7.56. The van der Waals surface area contributed by atoms with Gasteiger partial charge in [0.05, 0.1) is 22.1 Å². The Morgan fingerprint density at radius 2 is 0.391 bits per heavy atom. The highest BCUT2D eigenvalue weighted by atomic mass is 15.0. The summed E-state index contributed by atoms with van der Waals surface area (Å²) in [7, 11) is 0. The molecule has 2 heterocycles. The van der Waals surface area contributed by atoms with Crippen LogP contribution in [0.3, 0.4) is 0 Å². The van der Waals surface area contributed by atoms with Crippen LogP contribution < -0.4 is 0 Å². The van der Waals surface area contributed by atoms with E-state index in [0.717, 1.165) is 11.4 Å². The molecule has 0 saturated heterocycles. The number of nitrogens with zero attached hydrogens (tertiary/aromatic N) is 2. The van der Waals surface area contributed by atoms with Crippen LogP contribution in [0.25, 0.3) is 261 Å². The second-order valence-corrected chi connectivity index (χ2v) is 30.6. The van der Waals surface area contributed by atoms with Crippen molar-refractivity contribution in [3.8, 4) is 67.0 Å². The molecule has 0 bridgehead atoms. The van der Waals surface area contributed by atoms with Crippen LogP contribution in [0.2, 0.25) is 0 Å². The predicted octanol–water partition coefficient (Wildman–Crippen LogP) is 30.1. The van der Waals surface area contributed by atoms with Gasteiger partial charge in [0.15, 0.2) is 0 Å². The Kier molecular flexibility index (Phi) is 11.6. The monoisotopic (exact) mass is 1380 g/mol. The van der Waals surface area contributed by atoms with Crippen LogP contribution in [-0.4, -0.2) is 9.13 Å². The first-order valence-corrected chi connectivity index (χ1v) is 38.5. The second-order valence-electron chi connectivity index (χ2n) is 30.6. The molecule has 110 heavy (non-hydrogen) atoms. The van der Waals surface area contributed by atoms with Gasteiger partial charge in [-0.25, -0.2) is 0 Å². The predicted molar refractivity (Wildman–Crippen MR) is 472 cm³/mol. The third-order valence-corrected chi connectivity index (χ3v) is 25.4. The van der Waals surface area contributed by atoms with E-state index in [-0.39, 0.29) is 0 Å². The molecule has 502 valence electrons. The Balaban J connectivity index is 0.741. The first-order valence-electron chi connectivity index (χ1n) is 38.5. The summed E-state index contributed by atoms with van der Waals surface area (Å²) in [6, 6.07) is 139. The van der Waals surface area contributed by atoms with Gasteiger partial charge in [-0.1, -0.05) is 303 Å². The highest BCUT2D eigenvalue weighted by molar-refractivity contribution is 6.49. The van der Waals surface area contributed by atoms with Crippen LogP contribution in [0.15, 0.2) is 364 Å². The molecule has 0 saturated carbocycles. The zero-order valence-corrected chi connectivity index (χ0v) is 59.5. The lowest BCUT2D eigenvalue weighted by Gasteiger charge is -2.19. The van der Waals surface area contributed by atoms with Crippen molar-refractivity contribution in [2.24, 2.45) is 0 Å². The van der Waals surface area contributed by atoms with E-state index >= 15 is 0 Å². The van der Waals surface area contributed by atoms with Gasteiger partial charge < -0.3 is 9.13 Å². The van der Waals surface area contributed by atoms with Gasteiger partial charge in [-0.3, -0.25) is 0 Å². The summed E-state index contributed by atoms with van der Waals surface area (Å²) in [5.74, 6) is 0. The summed E-state index contributed by atoms with van der Waals surface area (Å²) >= 11 is 0. The maximum absolute atomic E-state index is 2.57. The van der Waals surface area contributed by atoms with E-state index < -0.39 is 0 Å². The number of hydrogen-bond acceptors (Lipinski definition) is 0. The minimum atomic E-state index is 1.15. The summed E-state index contributed by atoms with van der Waals surface area (Å²) in [5.41, 5.74) is 19.4. The number of hydrogen-bond donors (Lipinski definition) is 0. The van der Waals surface area contributed by atoms with Gasteiger partial charge in [0, 0.05) is 43.7 Å². The van der Waals surface area contributed by atoms with E-state index in [1.807, 2.05) is 0 Å². The average Bonchev–Trinajstić information content (AvgIpc) is 1.50. The van der Waals surface area contributed by atoms with Crippen LogP contribution in [0.1, 0.15) is 0 Å². The largest absolute Gasteiger partial charge is 0.309 e. The van der Waals surface area contributed by atoms with Crippen molar-refractivity contribution in [3.05, 3.63) is 364 Å². The number of aromatic nitrogens is 2. The first-order chi connectivity index (χ1) is 54.7. The highest BCUT2D eigenvalue weighted by Gasteiger charge is 2.32. The smallest absolute Gasteiger partial charge is 0.0620 e. The molecule has 0 amide bonds. The van der Waals surface area contributed by atoms with Crippen molar-refractivity contribution in [3.63, 3.8) is 0 Å². The number of fused-ring (bicyclic) bond motifs is 24. The molecule has 0 aliphatic carbocycles. The fourth-order valence-corrected chi connectivity index (χ4v) is 21.2. The van der Waals surface area contributed by atoms with E-state index in [4.69, 9.17) is 0 Å². The van der Waals surface area contributed by atoms with Gasteiger partial charge in [-0.05, 0) is 256 Å². The molecule has 0 atom stereocenters. The summed E-state index contributed by atoms with van der Waals surface area (Å²) in [5, 5.41) is 41.0. The molecule has 0 spiro atoms.